The fourth-order valence-corrected chi connectivity index (χ4v) is 0.603. The van der Waals surface area contributed by atoms with Crippen molar-refractivity contribution in [3.05, 3.63) is 0 Å². The van der Waals surface area contributed by atoms with Crippen molar-refractivity contribution in [1.82, 2.24) is 20.2 Å². The molecule has 8 heteroatoms. The van der Waals surface area contributed by atoms with Gasteiger partial charge in [-0.1, -0.05) is 5.10 Å². The minimum Gasteiger partial charge on any atom is -0.207 e. The van der Waals surface area contributed by atoms with Gasteiger partial charge >= 0.3 is 6.18 Å². The molecule has 0 bridgehead atoms. The lowest BCUT2D eigenvalue weighted by molar-refractivity contribution is -0.144. The second-order valence-corrected chi connectivity index (χ2v) is 2.10. The Morgan fingerprint density at radius 2 is 2.09 bits per heavy atom. The van der Waals surface area contributed by atoms with Crippen LogP contribution in [0.5, 0.6) is 0 Å². The lowest BCUT2D eigenvalue weighted by atomic mass is 10.6. The second-order valence-electron chi connectivity index (χ2n) is 1.73. The van der Waals surface area contributed by atoms with Crippen molar-refractivity contribution >= 4 is 12.6 Å². The van der Waals surface area contributed by atoms with Crippen LogP contribution >= 0.6 is 12.6 Å². The molecular weight excluding hydrogens is 181 g/mol. The van der Waals surface area contributed by atoms with Gasteiger partial charge in [0.15, 0.2) is 0 Å². The fourth-order valence-electron chi connectivity index (χ4n) is 0.465. The van der Waals surface area contributed by atoms with E-state index in [1.54, 1.807) is 0 Å². The number of alkyl halides is 3. The Morgan fingerprint density at radius 3 is 2.45 bits per heavy atom. The molecule has 0 N–H and O–H groups in total. The number of tetrazole rings is 1. The summed E-state index contributed by atoms with van der Waals surface area (Å²) in [5, 5.41) is 8.85. The third-order valence-electron chi connectivity index (χ3n) is 0.828. The Bertz CT molecular complexity index is 243. The zero-order chi connectivity index (χ0) is 8.48. The molecule has 11 heavy (non-hydrogen) atoms. The van der Waals surface area contributed by atoms with E-state index in [0.717, 1.165) is 0 Å². The molecule has 0 aromatic carbocycles. The van der Waals surface area contributed by atoms with Crippen molar-refractivity contribution in [3.8, 4) is 0 Å². The van der Waals surface area contributed by atoms with Crippen molar-refractivity contribution in [2.75, 3.05) is 0 Å². The normalized spacial score (nSPS) is 11.9. The van der Waals surface area contributed by atoms with Gasteiger partial charge in [-0.15, -0.1) is 0 Å². The van der Waals surface area contributed by atoms with E-state index in [4.69, 9.17) is 0 Å². The molecule has 0 atom stereocenters. The summed E-state index contributed by atoms with van der Waals surface area (Å²) < 4.78 is 35.4. The quantitative estimate of drug-likeness (QED) is 0.646. The van der Waals surface area contributed by atoms with Crippen molar-refractivity contribution in [1.29, 1.82) is 0 Å². The maximum absolute atomic E-state index is 11.6. The summed E-state index contributed by atoms with van der Waals surface area (Å²) in [6.45, 7) is -1.24. The molecule has 0 aliphatic heterocycles. The van der Waals surface area contributed by atoms with Gasteiger partial charge in [0.05, 0.1) is 0 Å². The van der Waals surface area contributed by atoms with E-state index in [-0.39, 0.29) is 5.16 Å². The lowest BCUT2D eigenvalue weighted by Crippen LogP contribution is -2.19. The molecule has 1 aromatic rings. The summed E-state index contributed by atoms with van der Waals surface area (Å²) in [7, 11) is 0. The molecule has 0 unspecified atom stereocenters. The van der Waals surface area contributed by atoms with Gasteiger partial charge in [-0.2, -0.15) is 13.2 Å². The SMILES string of the molecule is FC(F)(F)Cn1nnnc1[S]. The predicted octanol–water partition coefficient (Wildman–Crippen LogP) is 0.792. The van der Waals surface area contributed by atoms with Crippen LogP contribution in [0.1, 0.15) is 0 Å². The summed E-state index contributed by atoms with van der Waals surface area (Å²) >= 11 is 4.38. The average Bonchev–Trinajstić information content (AvgIpc) is 2.12. The van der Waals surface area contributed by atoms with Crippen LogP contribution in [0.4, 0.5) is 13.2 Å². The van der Waals surface area contributed by atoms with Crippen LogP contribution in [0.3, 0.4) is 0 Å². The first kappa shape index (κ1) is 8.18. The maximum atomic E-state index is 11.6. The van der Waals surface area contributed by atoms with Gasteiger partial charge < -0.3 is 0 Å². The summed E-state index contributed by atoms with van der Waals surface area (Å²) in [6.07, 6.45) is -4.33. The molecule has 0 saturated carbocycles. The van der Waals surface area contributed by atoms with Crippen molar-refractivity contribution in [2.24, 2.45) is 0 Å². The first-order chi connectivity index (χ1) is 4.99. The number of hydrogen-bond acceptors (Lipinski definition) is 3. The van der Waals surface area contributed by atoms with E-state index < -0.39 is 12.7 Å². The van der Waals surface area contributed by atoms with Crippen molar-refractivity contribution in [3.63, 3.8) is 0 Å². The van der Waals surface area contributed by atoms with Gasteiger partial charge in [0.2, 0.25) is 5.16 Å². The largest absolute Gasteiger partial charge is 0.408 e. The lowest BCUT2D eigenvalue weighted by Gasteiger charge is -2.04. The van der Waals surface area contributed by atoms with E-state index in [1.807, 2.05) is 0 Å². The molecule has 0 amide bonds. The molecule has 0 aliphatic carbocycles. The fraction of sp³-hybridized carbons (Fsp3) is 0.667. The Labute approximate surface area is 64.8 Å². The van der Waals surface area contributed by atoms with Crippen LogP contribution in [0.25, 0.3) is 0 Å². The monoisotopic (exact) mass is 183 g/mol. The maximum Gasteiger partial charge on any atom is 0.408 e. The predicted molar refractivity (Wildman–Crippen MR) is 29.7 cm³/mol. The molecule has 1 radical (unpaired) electrons. The summed E-state index contributed by atoms with van der Waals surface area (Å²) in [6, 6.07) is 0. The zero-order valence-corrected chi connectivity index (χ0v) is 5.85. The van der Waals surface area contributed by atoms with Gasteiger partial charge in [-0.25, -0.2) is 4.68 Å². The van der Waals surface area contributed by atoms with E-state index in [9.17, 15) is 13.2 Å². The molecule has 0 saturated heterocycles. The summed E-state index contributed by atoms with van der Waals surface area (Å²) in [5.41, 5.74) is 0. The first-order valence-electron chi connectivity index (χ1n) is 2.49. The molecule has 61 valence electrons. The molecule has 1 aromatic heterocycles. The third kappa shape index (κ3) is 2.30. The standard InChI is InChI=1S/C3H2F3N4S/c4-3(5,6)1-10-2(11)7-8-9-10/h1H2. The Hall–Kier alpha value is -0.920. The molecule has 0 spiro atoms. The highest BCUT2D eigenvalue weighted by molar-refractivity contribution is 7.80. The van der Waals surface area contributed by atoms with Crippen LogP contribution in [-0.2, 0) is 6.54 Å². The summed E-state index contributed by atoms with van der Waals surface area (Å²) in [4.78, 5) is 0. The average molecular weight is 183 g/mol. The van der Waals surface area contributed by atoms with Crippen molar-refractivity contribution < 1.29 is 13.2 Å². The van der Waals surface area contributed by atoms with Gasteiger partial charge in [0, 0.05) is 0 Å². The van der Waals surface area contributed by atoms with E-state index in [2.05, 4.69) is 28.2 Å². The highest BCUT2D eigenvalue weighted by Crippen LogP contribution is 2.17. The Balaban J connectivity index is 2.72. The van der Waals surface area contributed by atoms with Crippen LogP contribution in [0.2, 0.25) is 0 Å². The smallest absolute Gasteiger partial charge is 0.207 e. The van der Waals surface area contributed by atoms with E-state index in [1.165, 1.54) is 0 Å². The number of hydrogen-bond donors (Lipinski definition) is 0. The summed E-state index contributed by atoms with van der Waals surface area (Å²) in [5.74, 6) is 0. The zero-order valence-electron chi connectivity index (χ0n) is 5.04. The molecule has 0 aliphatic rings. The molecule has 0 fully saturated rings. The Kier molecular flexibility index (Phi) is 1.94. The van der Waals surface area contributed by atoms with Gasteiger partial charge in [0.1, 0.15) is 6.54 Å². The van der Waals surface area contributed by atoms with Gasteiger partial charge in [-0.05, 0) is 23.1 Å². The Morgan fingerprint density at radius 1 is 1.45 bits per heavy atom. The first-order valence-corrected chi connectivity index (χ1v) is 2.90. The molecular formula is C3H2F3N4S. The van der Waals surface area contributed by atoms with Crippen LogP contribution in [-0.4, -0.2) is 26.4 Å². The molecule has 1 rings (SSSR count). The van der Waals surface area contributed by atoms with Crippen molar-refractivity contribution in [2.45, 2.75) is 17.9 Å². The van der Waals surface area contributed by atoms with Gasteiger partial charge in [-0.3, -0.25) is 0 Å². The third-order valence-corrected chi connectivity index (χ3v) is 1.12. The number of nitrogens with zero attached hydrogens (tertiary/aromatic N) is 4. The highest BCUT2D eigenvalue weighted by atomic mass is 32.1. The second kappa shape index (κ2) is 2.61. The highest BCUT2D eigenvalue weighted by Gasteiger charge is 2.29. The van der Waals surface area contributed by atoms with E-state index >= 15 is 0 Å². The minimum absolute atomic E-state index is 0.262. The number of rotatable bonds is 1. The minimum atomic E-state index is -4.33. The molecule has 1 heterocycles. The number of halogens is 3. The number of aromatic nitrogens is 4. The van der Waals surface area contributed by atoms with Crippen LogP contribution < -0.4 is 0 Å². The van der Waals surface area contributed by atoms with Crippen LogP contribution in [0.15, 0.2) is 5.16 Å². The topological polar surface area (TPSA) is 43.6 Å². The molecule has 4 nitrogen and oxygen atoms in total. The van der Waals surface area contributed by atoms with Gasteiger partial charge in [0.25, 0.3) is 0 Å². The van der Waals surface area contributed by atoms with Crippen LogP contribution in [0, 0.1) is 0 Å². The van der Waals surface area contributed by atoms with E-state index in [0.29, 0.717) is 4.68 Å².